The van der Waals surface area contributed by atoms with E-state index in [1.54, 1.807) is 4.90 Å². The van der Waals surface area contributed by atoms with Crippen molar-refractivity contribution in [2.45, 2.75) is 52.5 Å². The Morgan fingerprint density at radius 3 is 2.55 bits per heavy atom. The van der Waals surface area contributed by atoms with Crippen LogP contribution in [-0.4, -0.2) is 47.6 Å². The average Bonchev–Trinajstić information content (AvgIpc) is 2.34. The van der Waals surface area contributed by atoms with Gasteiger partial charge in [-0.05, 0) is 31.2 Å². The van der Waals surface area contributed by atoms with Gasteiger partial charge in [-0.15, -0.1) is 0 Å². The van der Waals surface area contributed by atoms with Gasteiger partial charge in [0, 0.05) is 6.04 Å². The molecule has 1 saturated carbocycles. The Bertz CT molecular complexity index is 333. The first-order valence-electron chi connectivity index (χ1n) is 7.67. The summed E-state index contributed by atoms with van der Waals surface area (Å²) in [5, 5.41) is 11.9. The molecule has 0 spiro atoms. The summed E-state index contributed by atoms with van der Waals surface area (Å²) in [4.78, 5) is 24.6. The summed E-state index contributed by atoms with van der Waals surface area (Å²) in [7, 11) is 0. The van der Waals surface area contributed by atoms with E-state index >= 15 is 0 Å². The lowest BCUT2D eigenvalue weighted by atomic mass is 9.78. The van der Waals surface area contributed by atoms with Crippen LogP contribution < -0.4 is 5.32 Å². The van der Waals surface area contributed by atoms with E-state index in [1.165, 1.54) is 6.42 Å². The standard InChI is InChI=1S/C15H28N2O3/c1-4-8-17(10-15(19)20)9-14(18)16-13-7-5-6-11(2)12(13)3/h11-13H,4-10H2,1-3H3,(H,16,18)(H,19,20)/t11-,12-,13+/m0/s1. The highest BCUT2D eigenvalue weighted by Crippen LogP contribution is 2.29. The molecule has 1 aliphatic carbocycles. The van der Waals surface area contributed by atoms with Crippen molar-refractivity contribution in [2.75, 3.05) is 19.6 Å². The first-order valence-corrected chi connectivity index (χ1v) is 7.67. The third-order valence-corrected chi connectivity index (χ3v) is 4.32. The Kier molecular flexibility index (Phi) is 6.99. The summed E-state index contributed by atoms with van der Waals surface area (Å²) in [6.07, 6.45) is 4.26. The molecule has 0 saturated heterocycles. The summed E-state index contributed by atoms with van der Waals surface area (Å²) in [6, 6.07) is 0.236. The predicted octanol–water partition coefficient (Wildman–Crippen LogP) is 1.72. The fraction of sp³-hybridized carbons (Fsp3) is 0.867. The highest BCUT2D eigenvalue weighted by atomic mass is 16.4. The van der Waals surface area contributed by atoms with Crippen molar-refractivity contribution in [3.05, 3.63) is 0 Å². The molecule has 0 heterocycles. The summed E-state index contributed by atoms with van der Waals surface area (Å²) in [6.45, 7) is 7.15. The number of aliphatic carboxylic acids is 1. The number of carboxylic acid groups (broad SMARTS) is 1. The number of carbonyl (C=O) groups is 2. The van der Waals surface area contributed by atoms with E-state index < -0.39 is 5.97 Å². The molecule has 1 aliphatic rings. The molecule has 0 aromatic carbocycles. The third kappa shape index (κ3) is 5.49. The minimum atomic E-state index is -0.883. The minimum absolute atomic E-state index is 0.0503. The summed E-state index contributed by atoms with van der Waals surface area (Å²) < 4.78 is 0. The van der Waals surface area contributed by atoms with Gasteiger partial charge in [0.25, 0.3) is 0 Å². The first-order chi connectivity index (χ1) is 9.43. The van der Waals surface area contributed by atoms with Gasteiger partial charge in [-0.2, -0.15) is 0 Å². The number of nitrogens with zero attached hydrogens (tertiary/aromatic N) is 1. The Morgan fingerprint density at radius 1 is 1.25 bits per heavy atom. The summed E-state index contributed by atoms with van der Waals surface area (Å²) in [5.74, 6) is 0.197. The number of amides is 1. The minimum Gasteiger partial charge on any atom is -0.480 e. The van der Waals surface area contributed by atoms with Crippen molar-refractivity contribution >= 4 is 11.9 Å². The van der Waals surface area contributed by atoms with Gasteiger partial charge in [-0.1, -0.05) is 33.6 Å². The fourth-order valence-electron chi connectivity index (χ4n) is 2.96. The second kappa shape index (κ2) is 8.25. The van der Waals surface area contributed by atoms with Gasteiger partial charge in [0.2, 0.25) is 5.91 Å². The van der Waals surface area contributed by atoms with Crippen LogP contribution in [0.3, 0.4) is 0 Å². The molecule has 0 radical (unpaired) electrons. The summed E-state index contributed by atoms with van der Waals surface area (Å²) >= 11 is 0. The van der Waals surface area contributed by atoms with Crippen LogP contribution >= 0.6 is 0 Å². The molecule has 20 heavy (non-hydrogen) atoms. The predicted molar refractivity (Wildman–Crippen MR) is 78.5 cm³/mol. The fourth-order valence-corrected chi connectivity index (χ4v) is 2.96. The van der Waals surface area contributed by atoms with E-state index in [4.69, 9.17) is 5.11 Å². The van der Waals surface area contributed by atoms with Gasteiger partial charge >= 0.3 is 5.97 Å². The maximum atomic E-state index is 12.1. The first kappa shape index (κ1) is 17.0. The highest BCUT2D eigenvalue weighted by molar-refractivity contribution is 5.79. The number of carboxylic acids is 1. The third-order valence-electron chi connectivity index (χ3n) is 4.32. The Hall–Kier alpha value is -1.10. The van der Waals surface area contributed by atoms with Crippen molar-refractivity contribution in [3.8, 4) is 0 Å². The quantitative estimate of drug-likeness (QED) is 0.747. The van der Waals surface area contributed by atoms with E-state index in [0.29, 0.717) is 18.4 Å². The molecule has 5 nitrogen and oxygen atoms in total. The van der Waals surface area contributed by atoms with Crippen LogP contribution in [0.4, 0.5) is 0 Å². The van der Waals surface area contributed by atoms with Crippen LogP contribution in [0.5, 0.6) is 0 Å². The monoisotopic (exact) mass is 284 g/mol. The van der Waals surface area contributed by atoms with E-state index in [-0.39, 0.29) is 25.0 Å². The zero-order valence-electron chi connectivity index (χ0n) is 12.9. The van der Waals surface area contributed by atoms with Crippen LogP contribution in [-0.2, 0) is 9.59 Å². The SMILES string of the molecule is CCCN(CC(=O)O)CC(=O)N[C@@H]1CCC[C@H](C)[C@@H]1C. The van der Waals surface area contributed by atoms with Crippen LogP contribution in [0.25, 0.3) is 0 Å². The maximum absolute atomic E-state index is 12.1. The lowest BCUT2D eigenvalue weighted by molar-refractivity contribution is -0.138. The van der Waals surface area contributed by atoms with Crippen molar-refractivity contribution in [3.63, 3.8) is 0 Å². The second-order valence-corrected chi connectivity index (χ2v) is 6.05. The number of hydrogen-bond acceptors (Lipinski definition) is 3. The van der Waals surface area contributed by atoms with Gasteiger partial charge in [0.05, 0.1) is 13.1 Å². The van der Waals surface area contributed by atoms with Crippen molar-refractivity contribution in [1.82, 2.24) is 10.2 Å². The molecule has 0 aliphatic heterocycles. The molecule has 116 valence electrons. The normalized spacial score (nSPS) is 26.5. The Labute approximate surface area is 121 Å². The molecule has 0 bridgehead atoms. The number of carbonyl (C=O) groups excluding carboxylic acids is 1. The molecule has 5 heteroatoms. The van der Waals surface area contributed by atoms with Crippen LogP contribution in [0.2, 0.25) is 0 Å². The molecule has 3 atom stereocenters. The smallest absolute Gasteiger partial charge is 0.317 e. The van der Waals surface area contributed by atoms with Gasteiger partial charge in [0.1, 0.15) is 0 Å². The molecule has 1 amide bonds. The van der Waals surface area contributed by atoms with E-state index in [0.717, 1.165) is 19.3 Å². The van der Waals surface area contributed by atoms with E-state index in [9.17, 15) is 9.59 Å². The van der Waals surface area contributed by atoms with Crippen molar-refractivity contribution in [1.29, 1.82) is 0 Å². The molecule has 0 unspecified atom stereocenters. The van der Waals surface area contributed by atoms with Gasteiger partial charge in [0.15, 0.2) is 0 Å². The maximum Gasteiger partial charge on any atom is 0.317 e. The number of rotatable bonds is 7. The van der Waals surface area contributed by atoms with Gasteiger partial charge in [-0.3, -0.25) is 14.5 Å². The van der Waals surface area contributed by atoms with E-state index in [2.05, 4.69) is 19.2 Å². The van der Waals surface area contributed by atoms with Gasteiger partial charge < -0.3 is 10.4 Å². The van der Waals surface area contributed by atoms with Crippen molar-refractivity contribution in [2.24, 2.45) is 11.8 Å². The number of hydrogen-bond donors (Lipinski definition) is 2. The molecule has 0 aromatic rings. The molecular weight excluding hydrogens is 256 g/mol. The summed E-state index contributed by atoms with van der Waals surface area (Å²) in [5.41, 5.74) is 0. The van der Waals surface area contributed by atoms with E-state index in [1.807, 2.05) is 6.92 Å². The molecule has 1 fully saturated rings. The lowest BCUT2D eigenvalue weighted by Crippen LogP contribution is -2.48. The topological polar surface area (TPSA) is 69.6 Å². The number of nitrogens with one attached hydrogen (secondary N) is 1. The molecule has 2 N–H and O–H groups in total. The van der Waals surface area contributed by atoms with Crippen LogP contribution in [0, 0.1) is 11.8 Å². The van der Waals surface area contributed by atoms with Crippen LogP contribution in [0.1, 0.15) is 46.5 Å². The highest BCUT2D eigenvalue weighted by Gasteiger charge is 2.28. The second-order valence-electron chi connectivity index (χ2n) is 6.05. The molecule has 0 aromatic heterocycles. The Balaban J connectivity index is 2.46. The van der Waals surface area contributed by atoms with Crippen molar-refractivity contribution < 1.29 is 14.7 Å². The van der Waals surface area contributed by atoms with Gasteiger partial charge in [-0.25, -0.2) is 0 Å². The zero-order chi connectivity index (χ0) is 15.1. The van der Waals surface area contributed by atoms with Crippen LogP contribution in [0.15, 0.2) is 0 Å². The Morgan fingerprint density at radius 2 is 1.95 bits per heavy atom. The average molecular weight is 284 g/mol. The molecule has 1 rings (SSSR count). The zero-order valence-corrected chi connectivity index (χ0v) is 12.9. The largest absolute Gasteiger partial charge is 0.480 e. The lowest BCUT2D eigenvalue weighted by Gasteiger charge is -2.35. The molecular formula is C15H28N2O3.